The molecule has 0 aliphatic rings. The number of halogens is 2. The van der Waals surface area contributed by atoms with Crippen LogP contribution in [0.15, 0.2) is 17.5 Å². The van der Waals surface area contributed by atoms with E-state index in [-0.39, 0.29) is 0 Å². The van der Waals surface area contributed by atoms with Crippen LogP contribution in [0.2, 0.25) is 10.0 Å². The van der Waals surface area contributed by atoms with Gasteiger partial charge < -0.3 is 10.5 Å². The van der Waals surface area contributed by atoms with E-state index in [4.69, 9.17) is 33.7 Å². The zero-order valence-electron chi connectivity index (χ0n) is 9.04. The van der Waals surface area contributed by atoms with Crippen LogP contribution in [-0.2, 0) is 6.61 Å². The third kappa shape index (κ3) is 3.03. The molecule has 0 aliphatic carbocycles. The molecule has 0 atom stereocenters. The molecule has 6 heteroatoms. The molecule has 1 aromatic heterocycles. The summed E-state index contributed by atoms with van der Waals surface area (Å²) in [6.45, 7) is 2.28. The zero-order valence-corrected chi connectivity index (χ0v) is 11.4. The lowest BCUT2D eigenvalue weighted by Gasteiger charge is -2.09. The number of thiazole rings is 1. The molecular formula is C11H10Cl2N2OS. The van der Waals surface area contributed by atoms with Crippen LogP contribution in [-0.4, -0.2) is 4.98 Å². The second-order valence-corrected chi connectivity index (χ2v) is 5.34. The third-order valence-corrected chi connectivity index (χ3v) is 3.44. The molecule has 2 aromatic rings. The summed E-state index contributed by atoms with van der Waals surface area (Å²) < 4.78 is 5.55. The number of ether oxygens (including phenoxy) is 1. The van der Waals surface area contributed by atoms with Crippen LogP contribution in [0.1, 0.15) is 10.7 Å². The molecule has 0 unspecified atom stereocenters. The fourth-order valence-corrected chi connectivity index (χ4v) is 2.55. The van der Waals surface area contributed by atoms with Gasteiger partial charge in [-0.1, -0.05) is 23.2 Å². The van der Waals surface area contributed by atoms with Gasteiger partial charge >= 0.3 is 0 Å². The molecule has 17 heavy (non-hydrogen) atoms. The fraction of sp³-hybridized carbons (Fsp3) is 0.182. The van der Waals surface area contributed by atoms with Crippen molar-refractivity contribution in [2.24, 2.45) is 0 Å². The standard InChI is InChI=1S/C11H10Cl2N2OS/c1-6-15-8(5-17-6)4-16-11-9(12)2-7(14)3-10(11)13/h2-3,5H,4,14H2,1H3. The van der Waals surface area contributed by atoms with Gasteiger partial charge in [0.15, 0.2) is 5.75 Å². The molecule has 1 aromatic carbocycles. The number of hydrogen-bond acceptors (Lipinski definition) is 4. The molecule has 0 fully saturated rings. The summed E-state index contributed by atoms with van der Waals surface area (Å²) in [6.07, 6.45) is 0. The maximum atomic E-state index is 6.00. The topological polar surface area (TPSA) is 48.1 Å². The highest BCUT2D eigenvalue weighted by atomic mass is 35.5. The van der Waals surface area contributed by atoms with Gasteiger partial charge in [-0.3, -0.25) is 0 Å². The number of rotatable bonds is 3. The molecule has 0 saturated heterocycles. The van der Waals surface area contributed by atoms with E-state index in [9.17, 15) is 0 Å². The number of aryl methyl sites for hydroxylation is 1. The van der Waals surface area contributed by atoms with Gasteiger partial charge in [0.05, 0.1) is 20.7 Å². The quantitative estimate of drug-likeness (QED) is 0.871. The molecule has 0 bridgehead atoms. The van der Waals surface area contributed by atoms with E-state index < -0.39 is 0 Å². The number of benzene rings is 1. The van der Waals surface area contributed by atoms with E-state index in [1.165, 1.54) is 0 Å². The van der Waals surface area contributed by atoms with Gasteiger partial charge in [-0.25, -0.2) is 4.98 Å². The van der Waals surface area contributed by atoms with Crippen LogP contribution in [0.3, 0.4) is 0 Å². The molecule has 2 rings (SSSR count). The Morgan fingerprint density at radius 3 is 2.53 bits per heavy atom. The molecule has 0 radical (unpaired) electrons. The molecule has 1 heterocycles. The van der Waals surface area contributed by atoms with Crippen LogP contribution in [0.25, 0.3) is 0 Å². The number of nitrogen functional groups attached to an aromatic ring is 1. The molecule has 0 amide bonds. The van der Waals surface area contributed by atoms with Crippen molar-refractivity contribution in [3.8, 4) is 5.75 Å². The number of nitrogens with two attached hydrogens (primary N) is 1. The van der Waals surface area contributed by atoms with Crippen LogP contribution >= 0.6 is 34.5 Å². The first-order valence-electron chi connectivity index (χ1n) is 4.84. The third-order valence-electron chi connectivity index (χ3n) is 2.05. The number of aromatic nitrogens is 1. The van der Waals surface area contributed by atoms with E-state index in [1.54, 1.807) is 23.5 Å². The Kier molecular flexibility index (Phi) is 3.76. The smallest absolute Gasteiger partial charge is 0.157 e. The van der Waals surface area contributed by atoms with Crippen LogP contribution in [0, 0.1) is 6.92 Å². The van der Waals surface area contributed by atoms with Crippen molar-refractivity contribution in [3.63, 3.8) is 0 Å². The molecule has 0 saturated carbocycles. The van der Waals surface area contributed by atoms with Crippen molar-refractivity contribution in [3.05, 3.63) is 38.3 Å². The van der Waals surface area contributed by atoms with Crippen molar-refractivity contribution in [1.29, 1.82) is 0 Å². The van der Waals surface area contributed by atoms with Crippen LogP contribution in [0.5, 0.6) is 5.75 Å². The monoisotopic (exact) mass is 288 g/mol. The minimum absolute atomic E-state index is 0.341. The summed E-state index contributed by atoms with van der Waals surface area (Å²) in [5.41, 5.74) is 6.97. The predicted molar refractivity (Wildman–Crippen MR) is 72.1 cm³/mol. The first-order valence-corrected chi connectivity index (χ1v) is 6.48. The summed E-state index contributed by atoms with van der Waals surface area (Å²) in [5, 5.41) is 3.75. The largest absolute Gasteiger partial charge is 0.484 e. The molecule has 0 spiro atoms. The Morgan fingerprint density at radius 1 is 1.35 bits per heavy atom. The highest BCUT2D eigenvalue weighted by Gasteiger charge is 2.09. The minimum atomic E-state index is 0.341. The fourth-order valence-electron chi connectivity index (χ4n) is 1.34. The molecular weight excluding hydrogens is 279 g/mol. The first kappa shape index (κ1) is 12.5. The Morgan fingerprint density at radius 2 is 2.00 bits per heavy atom. The van der Waals surface area contributed by atoms with E-state index >= 15 is 0 Å². The van der Waals surface area contributed by atoms with Crippen molar-refractivity contribution in [2.45, 2.75) is 13.5 Å². The Bertz CT molecular complexity index is 519. The Labute approximate surface area is 113 Å². The zero-order chi connectivity index (χ0) is 12.4. The van der Waals surface area contributed by atoms with Crippen molar-refractivity contribution in [2.75, 3.05) is 5.73 Å². The highest BCUT2D eigenvalue weighted by Crippen LogP contribution is 2.35. The second-order valence-electron chi connectivity index (χ2n) is 3.46. The van der Waals surface area contributed by atoms with E-state index in [0.29, 0.717) is 28.1 Å². The van der Waals surface area contributed by atoms with E-state index in [0.717, 1.165) is 10.7 Å². The summed E-state index contributed by atoms with van der Waals surface area (Å²) in [6, 6.07) is 3.21. The highest BCUT2D eigenvalue weighted by molar-refractivity contribution is 7.09. The lowest BCUT2D eigenvalue weighted by atomic mass is 10.3. The van der Waals surface area contributed by atoms with Gasteiger partial charge in [0, 0.05) is 11.1 Å². The maximum Gasteiger partial charge on any atom is 0.157 e. The molecule has 2 N–H and O–H groups in total. The summed E-state index contributed by atoms with van der Waals surface area (Å²) in [7, 11) is 0. The van der Waals surface area contributed by atoms with Crippen molar-refractivity contribution >= 4 is 40.2 Å². The average Bonchev–Trinajstić information content (AvgIpc) is 2.62. The van der Waals surface area contributed by atoms with E-state index in [1.807, 2.05) is 12.3 Å². The SMILES string of the molecule is Cc1nc(COc2c(Cl)cc(N)cc2Cl)cs1. The molecule has 3 nitrogen and oxygen atoms in total. The van der Waals surface area contributed by atoms with Crippen LogP contribution in [0.4, 0.5) is 5.69 Å². The predicted octanol–water partition coefficient (Wildman–Crippen LogP) is 3.92. The first-order chi connectivity index (χ1) is 8.06. The number of anilines is 1. The summed E-state index contributed by atoms with van der Waals surface area (Å²) in [4.78, 5) is 4.29. The number of hydrogen-bond donors (Lipinski definition) is 1. The van der Waals surface area contributed by atoms with Crippen molar-refractivity contribution in [1.82, 2.24) is 4.98 Å². The van der Waals surface area contributed by atoms with Gasteiger partial charge in [-0.2, -0.15) is 0 Å². The van der Waals surface area contributed by atoms with Gasteiger partial charge in [0.1, 0.15) is 6.61 Å². The lowest BCUT2D eigenvalue weighted by molar-refractivity contribution is 0.302. The van der Waals surface area contributed by atoms with E-state index in [2.05, 4.69) is 4.98 Å². The summed E-state index contributed by atoms with van der Waals surface area (Å²) >= 11 is 13.6. The average molecular weight is 289 g/mol. The van der Waals surface area contributed by atoms with Crippen LogP contribution < -0.4 is 10.5 Å². The normalized spacial score (nSPS) is 10.5. The van der Waals surface area contributed by atoms with Gasteiger partial charge in [-0.05, 0) is 19.1 Å². The maximum absolute atomic E-state index is 6.00. The number of nitrogens with zero attached hydrogens (tertiary/aromatic N) is 1. The van der Waals surface area contributed by atoms with Crippen molar-refractivity contribution < 1.29 is 4.74 Å². The lowest BCUT2D eigenvalue weighted by Crippen LogP contribution is -1.98. The van der Waals surface area contributed by atoms with Gasteiger partial charge in [-0.15, -0.1) is 11.3 Å². The molecule has 0 aliphatic heterocycles. The minimum Gasteiger partial charge on any atom is -0.484 e. The Hall–Kier alpha value is -0.970. The van der Waals surface area contributed by atoms with Gasteiger partial charge in [0.25, 0.3) is 0 Å². The Balaban J connectivity index is 2.14. The second kappa shape index (κ2) is 5.12. The molecule has 90 valence electrons. The summed E-state index contributed by atoms with van der Waals surface area (Å²) in [5.74, 6) is 0.438. The van der Waals surface area contributed by atoms with Gasteiger partial charge in [0.2, 0.25) is 0 Å².